The minimum atomic E-state index is -1.86. The summed E-state index contributed by atoms with van der Waals surface area (Å²) < 4.78 is 32.6. The Morgan fingerprint density at radius 1 is 1.05 bits per heavy atom. The fourth-order valence-electron chi connectivity index (χ4n) is 5.43. The Balaban J connectivity index is 1.44. The molecule has 40 heavy (non-hydrogen) atoms. The second kappa shape index (κ2) is 11.7. The van der Waals surface area contributed by atoms with E-state index in [4.69, 9.17) is 13.9 Å². The van der Waals surface area contributed by atoms with Gasteiger partial charge in [0, 0.05) is 19.6 Å². The number of fused-ring (bicyclic) bond motifs is 2. The number of carbonyl (C=O) groups excluding carboxylic acids is 1. The Morgan fingerprint density at radius 2 is 1.73 bits per heavy atom. The van der Waals surface area contributed by atoms with E-state index in [0.29, 0.717) is 26.2 Å². The lowest BCUT2D eigenvalue weighted by molar-refractivity contribution is -0.161. The highest BCUT2D eigenvalue weighted by Gasteiger charge is 2.43. The van der Waals surface area contributed by atoms with Crippen LogP contribution in [0, 0.1) is 11.7 Å². The summed E-state index contributed by atoms with van der Waals surface area (Å²) in [5.74, 6) is -0.674. The number of benzene rings is 2. The summed E-state index contributed by atoms with van der Waals surface area (Å²) in [6, 6.07) is 13.4. The summed E-state index contributed by atoms with van der Waals surface area (Å²) >= 11 is 0. The molecule has 1 atom stereocenters. The van der Waals surface area contributed by atoms with Crippen LogP contribution in [0.4, 0.5) is 4.39 Å². The van der Waals surface area contributed by atoms with Gasteiger partial charge in [-0.2, -0.15) is 0 Å². The van der Waals surface area contributed by atoms with Gasteiger partial charge in [-0.1, -0.05) is 51.1 Å². The maximum Gasteiger partial charge on any atom is 0.311 e. The number of carbonyl (C=O) groups is 1. The number of halogens is 1. The average Bonchev–Trinajstić information content (AvgIpc) is 3.19. The van der Waals surface area contributed by atoms with Gasteiger partial charge in [0.1, 0.15) is 11.4 Å². The van der Waals surface area contributed by atoms with Crippen molar-refractivity contribution in [2.24, 2.45) is 5.92 Å². The fourth-order valence-corrected chi connectivity index (χ4v) is 6.39. The highest BCUT2D eigenvalue weighted by atomic mass is 28.4. The summed E-state index contributed by atoms with van der Waals surface area (Å²) in [4.78, 5) is 15.7. The predicted molar refractivity (Wildman–Crippen MR) is 160 cm³/mol. The summed E-state index contributed by atoms with van der Waals surface area (Å²) in [7, 11) is -1.86. The average molecular weight is 570 g/mol. The highest BCUT2D eigenvalue weighted by molar-refractivity contribution is 6.74. The Labute approximate surface area is 241 Å². The smallest absolute Gasteiger partial charge is 0.311 e. The molecule has 0 aromatic heterocycles. The molecule has 2 aromatic rings. The highest BCUT2D eigenvalue weighted by Crippen LogP contribution is 2.44. The van der Waals surface area contributed by atoms with E-state index in [9.17, 15) is 9.18 Å². The van der Waals surface area contributed by atoms with E-state index in [1.165, 1.54) is 6.07 Å². The number of esters is 1. The molecule has 0 radical (unpaired) electrons. The first-order valence-corrected chi connectivity index (χ1v) is 17.6. The zero-order chi connectivity index (χ0) is 29.3. The molecule has 0 N–H and O–H groups in total. The molecule has 1 unspecified atom stereocenters. The lowest BCUT2D eigenvalue weighted by Crippen LogP contribution is -2.46. The number of rotatable bonds is 8. The molecular formula is C33H48FNO4Si. The first kappa shape index (κ1) is 30.9. The van der Waals surface area contributed by atoms with E-state index in [0.717, 1.165) is 48.2 Å². The molecule has 1 saturated heterocycles. The molecule has 7 heteroatoms. The molecule has 2 aliphatic rings. The van der Waals surface area contributed by atoms with E-state index in [2.05, 4.69) is 63.0 Å². The minimum absolute atomic E-state index is 0.152. The molecule has 0 aliphatic carbocycles. The van der Waals surface area contributed by atoms with Crippen molar-refractivity contribution in [3.8, 4) is 0 Å². The van der Waals surface area contributed by atoms with E-state index in [1.54, 1.807) is 6.07 Å². The van der Waals surface area contributed by atoms with Crippen molar-refractivity contribution < 1.29 is 23.1 Å². The first-order chi connectivity index (χ1) is 18.6. The molecule has 2 aliphatic heterocycles. The topological polar surface area (TPSA) is 48.0 Å². The quantitative estimate of drug-likeness (QED) is 0.245. The van der Waals surface area contributed by atoms with Gasteiger partial charge in [0.05, 0.1) is 24.7 Å². The van der Waals surface area contributed by atoms with Gasteiger partial charge >= 0.3 is 5.97 Å². The van der Waals surface area contributed by atoms with Crippen molar-refractivity contribution in [1.82, 2.24) is 4.90 Å². The van der Waals surface area contributed by atoms with E-state index >= 15 is 0 Å². The maximum absolute atomic E-state index is 14.0. The van der Waals surface area contributed by atoms with Crippen molar-refractivity contribution in [1.29, 1.82) is 0 Å². The van der Waals surface area contributed by atoms with Gasteiger partial charge in [-0.3, -0.25) is 4.79 Å². The van der Waals surface area contributed by atoms with Crippen LogP contribution in [0.15, 0.2) is 42.5 Å². The molecule has 2 aromatic carbocycles. The molecule has 1 fully saturated rings. The van der Waals surface area contributed by atoms with Crippen molar-refractivity contribution in [2.75, 3.05) is 19.6 Å². The zero-order valence-electron chi connectivity index (χ0n) is 25.7. The monoisotopic (exact) mass is 569 g/mol. The van der Waals surface area contributed by atoms with Gasteiger partial charge in [0.2, 0.25) is 0 Å². The number of nitrogens with zero attached hydrogens (tertiary/aromatic N) is 1. The van der Waals surface area contributed by atoms with Crippen LogP contribution in [0.25, 0.3) is 0 Å². The van der Waals surface area contributed by atoms with Crippen LogP contribution in [-0.4, -0.2) is 44.4 Å². The second-order valence-electron chi connectivity index (χ2n) is 14.2. The van der Waals surface area contributed by atoms with E-state index in [1.807, 2.05) is 26.8 Å². The van der Waals surface area contributed by atoms with Gasteiger partial charge in [-0.05, 0) is 92.6 Å². The van der Waals surface area contributed by atoms with Gasteiger partial charge in [0.25, 0.3) is 0 Å². The molecule has 220 valence electrons. The number of ether oxygens (including phenoxy) is 2. The Hall–Kier alpha value is -2.06. The number of likely N-dealkylation sites (tertiary alicyclic amines) is 1. The van der Waals surface area contributed by atoms with Crippen LogP contribution in [0.5, 0.6) is 0 Å². The lowest BCUT2D eigenvalue weighted by atomic mass is 9.83. The zero-order valence-corrected chi connectivity index (χ0v) is 26.7. The van der Waals surface area contributed by atoms with Crippen LogP contribution in [0.1, 0.15) is 76.6 Å². The van der Waals surface area contributed by atoms with Gasteiger partial charge in [0.15, 0.2) is 8.32 Å². The van der Waals surface area contributed by atoms with Gasteiger partial charge in [-0.15, -0.1) is 0 Å². The minimum Gasteiger partial charge on any atom is -0.460 e. The van der Waals surface area contributed by atoms with Crippen LogP contribution in [0.3, 0.4) is 0 Å². The van der Waals surface area contributed by atoms with Crippen molar-refractivity contribution in [3.05, 3.63) is 70.5 Å². The molecule has 0 bridgehead atoms. The maximum atomic E-state index is 14.0. The third kappa shape index (κ3) is 7.41. The molecule has 1 spiro atoms. The predicted octanol–water partition coefficient (Wildman–Crippen LogP) is 7.37. The number of hydrogen-bond acceptors (Lipinski definition) is 5. The third-order valence-corrected chi connectivity index (χ3v) is 13.3. The van der Waals surface area contributed by atoms with Crippen LogP contribution < -0.4 is 0 Å². The summed E-state index contributed by atoms with van der Waals surface area (Å²) in [5.41, 5.74) is 3.35. The standard InChI is InChI=1S/C33H48FNO4Si/c1-31(2,3)39-30(36)27(19-24-10-9-11-25(18-24)22-38-40(7,8)32(4,5)6)21-35-16-14-33(15-17-35)29-20-28(34)13-12-26(29)23-37-33/h9-13,18,20,27H,14-17,19,21-23H2,1-8H3. The Bertz CT molecular complexity index is 1190. The summed E-state index contributed by atoms with van der Waals surface area (Å²) in [6.45, 7) is 20.3. The molecular weight excluding hydrogens is 521 g/mol. The summed E-state index contributed by atoms with van der Waals surface area (Å²) in [5, 5.41) is 0.152. The second-order valence-corrected chi connectivity index (χ2v) is 19.0. The van der Waals surface area contributed by atoms with E-state index < -0.39 is 19.5 Å². The largest absolute Gasteiger partial charge is 0.460 e. The van der Waals surface area contributed by atoms with Gasteiger partial charge < -0.3 is 18.8 Å². The van der Waals surface area contributed by atoms with Crippen molar-refractivity contribution in [2.45, 2.75) is 103 Å². The normalized spacial score (nSPS) is 18.5. The Morgan fingerprint density at radius 3 is 2.38 bits per heavy atom. The van der Waals surface area contributed by atoms with Crippen LogP contribution in [-0.2, 0) is 43.9 Å². The van der Waals surface area contributed by atoms with Crippen LogP contribution >= 0.6 is 0 Å². The molecule has 0 saturated carbocycles. The number of hydrogen-bond donors (Lipinski definition) is 0. The van der Waals surface area contributed by atoms with E-state index in [-0.39, 0.29) is 22.7 Å². The SMILES string of the molecule is CC(C)(C)OC(=O)C(Cc1cccc(CO[Si](C)(C)C(C)(C)C)c1)CN1CCC2(CC1)OCc1ccc(F)cc12. The summed E-state index contributed by atoms with van der Waals surface area (Å²) in [6.07, 6.45) is 2.17. The number of piperidine rings is 1. The Kier molecular flexibility index (Phi) is 9.01. The van der Waals surface area contributed by atoms with Crippen molar-refractivity contribution in [3.63, 3.8) is 0 Å². The lowest BCUT2D eigenvalue weighted by Gasteiger charge is -2.40. The molecule has 0 amide bonds. The third-order valence-electron chi connectivity index (χ3n) is 8.83. The first-order valence-electron chi connectivity index (χ1n) is 14.7. The van der Waals surface area contributed by atoms with Gasteiger partial charge in [-0.25, -0.2) is 4.39 Å². The molecule has 2 heterocycles. The molecule has 4 rings (SSSR count). The fraction of sp³-hybridized carbons (Fsp3) is 0.606. The molecule has 5 nitrogen and oxygen atoms in total. The van der Waals surface area contributed by atoms with Crippen LogP contribution in [0.2, 0.25) is 18.1 Å². The van der Waals surface area contributed by atoms with Crippen molar-refractivity contribution >= 4 is 14.3 Å².